The fraction of sp³-hybridized carbons (Fsp3) is 0.417. The Morgan fingerprint density at radius 1 is 1.39 bits per heavy atom. The molecule has 1 aliphatic heterocycles. The Hall–Kier alpha value is -1.40. The third-order valence-corrected chi connectivity index (χ3v) is 3.77. The van der Waals surface area contributed by atoms with E-state index in [0.29, 0.717) is 5.69 Å². The molecule has 0 saturated carbocycles. The summed E-state index contributed by atoms with van der Waals surface area (Å²) in [6.07, 6.45) is 2.87. The molecular weight excluding hydrogens is 252 g/mol. The minimum Gasteiger partial charge on any atom is -0.343 e. The van der Waals surface area contributed by atoms with Gasteiger partial charge in [-0.2, -0.15) is 8.42 Å². The zero-order valence-electron chi connectivity index (χ0n) is 10.1. The van der Waals surface area contributed by atoms with Crippen molar-refractivity contribution in [2.45, 2.75) is 37.1 Å². The fourth-order valence-corrected chi connectivity index (χ4v) is 2.65. The number of hydrogen-bond acceptors (Lipinski definition) is 4. The maximum Gasteiger partial charge on any atom is 0.296 e. The summed E-state index contributed by atoms with van der Waals surface area (Å²) in [6, 6.07) is 6.51. The summed E-state index contributed by atoms with van der Waals surface area (Å²) in [5.41, 5.74) is 0.368. The van der Waals surface area contributed by atoms with E-state index in [1.54, 1.807) is 18.2 Å². The molecule has 6 heteroatoms. The van der Waals surface area contributed by atoms with E-state index in [1.165, 1.54) is 6.07 Å². The maximum atomic E-state index is 11.2. The average Bonchev–Trinajstić information content (AvgIpc) is 2.28. The summed E-state index contributed by atoms with van der Waals surface area (Å²) in [6.45, 7) is 2.02. The molecule has 0 aliphatic carbocycles. The average molecular weight is 268 g/mol. The van der Waals surface area contributed by atoms with Crippen molar-refractivity contribution in [1.29, 1.82) is 0 Å². The van der Waals surface area contributed by atoms with Crippen LogP contribution in [-0.4, -0.2) is 24.8 Å². The summed E-state index contributed by atoms with van der Waals surface area (Å²) >= 11 is 0. The minimum absolute atomic E-state index is 0.120. The molecule has 1 aromatic carbocycles. The number of para-hydroxylation sites is 1. The molecule has 0 aromatic heterocycles. The van der Waals surface area contributed by atoms with Crippen molar-refractivity contribution in [3.05, 3.63) is 24.3 Å². The summed E-state index contributed by atoms with van der Waals surface area (Å²) in [7, 11) is -4.22. The number of nitrogens with one attached hydrogen (secondary N) is 1. The van der Waals surface area contributed by atoms with Crippen molar-refractivity contribution in [3.63, 3.8) is 0 Å². The highest BCUT2D eigenvalue weighted by Gasteiger charge is 2.17. The van der Waals surface area contributed by atoms with Crippen molar-refractivity contribution in [2.75, 3.05) is 5.32 Å². The number of benzene rings is 1. The monoisotopic (exact) mass is 268 g/mol. The van der Waals surface area contributed by atoms with Gasteiger partial charge in [-0.15, -0.1) is 0 Å². The van der Waals surface area contributed by atoms with Gasteiger partial charge in [-0.05, 0) is 31.9 Å². The standard InChI is InChI=1S/C12H16N2O3S/c1-9-5-4-8-12(13-9)14-10-6-2-3-7-11(10)18(15,16)17/h2-3,6-7,9H,4-5,8H2,1H3,(H,13,14)(H,15,16,17). The number of anilines is 1. The Kier molecular flexibility index (Phi) is 3.68. The van der Waals surface area contributed by atoms with Crippen LogP contribution >= 0.6 is 0 Å². The SMILES string of the molecule is CC1CCCC(Nc2ccccc2S(=O)(=O)O)=N1. The van der Waals surface area contributed by atoms with Crippen LogP contribution in [0.3, 0.4) is 0 Å². The first-order valence-electron chi connectivity index (χ1n) is 5.87. The van der Waals surface area contributed by atoms with Crippen LogP contribution in [0.15, 0.2) is 34.2 Å². The van der Waals surface area contributed by atoms with E-state index in [2.05, 4.69) is 10.3 Å². The predicted molar refractivity (Wildman–Crippen MR) is 70.6 cm³/mol. The van der Waals surface area contributed by atoms with Gasteiger partial charge in [0.2, 0.25) is 0 Å². The topological polar surface area (TPSA) is 78.8 Å². The molecule has 0 amide bonds. The van der Waals surface area contributed by atoms with E-state index in [0.717, 1.165) is 25.1 Å². The van der Waals surface area contributed by atoms with E-state index in [1.807, 2.05) is 6.92 Å². The number of amidine groups is 1. The van der Waals surface area contributed by atoms with Crippen molar-refractivity contribution < 1.29 is 13.0 Å². The van der Waals surface area contributed by atoms with Gasteiger partial charge < -0.3 is 5.32 Å². The molecule has 0 fully saturated rings. The van der Waals surface area contributed by atoms with Crippen LogP contribution in [0.2, 0.25) is 0 Å². The lowest BCUT2D eigenvalue weighted by atomic mass is 10.1. The lowest BCUT2D eigenvalue weighted by Gasteiger charge is -2.19. The molecule has 1 unspecified atom stereocenters. The quantitative estimate of drug-likeness (QED) is 0.807. The zero-order chi connectivity index (χ0) is 13.2. The molecule has 0 bridgehead atoms. The largest absolute Gasteiger partial charge is 0.343 e. The second-order valence-electron chi connectivity index (χ2n) is 4.41. The van der Waals surface area contributed by atoms with Gasteiger partial charge in [0.05, 0.1) is 5.69 Å². The van der Waals surface area contributed by atoms with Crippen molar-refractivity contribution in [2.24, 2.45) is 4.99 Å². The highest BCUT2D eigenvalue weighted by atomic mass is 32.2. The number of aliphatic imine (C=N–C) groups is 1. The molecular formula is C12H16N2O3S. The molecule has 2 rings (SSSR count). The van der Waals surface area contributed by atoms with Crippen LogP contribution in [0.25, 0.3) is 0 Å². The number of rotatable bonds is 2. The van der Waals surface area contributed by atoms with Gasteiger partial charge in [0.1, 0.15) is 10.7 Å². The van der Waals surface area contributed by atoms with E-state index in [-0.39, 0.29) is 10.9 Å². The van der Waals surface area contributed by atoms with Crippen molar-refractivity contribution in [3.8, 4) is 0 Å². The van der Waals surface area contributed by atoms with Gasteiger partial charge in [-0.1, -0.05) is 12.1 Å². The third kappa shape index (κ3) is 3.08. The van der Waals surface area contributed by atoms with Crippen LogP contribution in [0, 0.1) is 0 Å². The second kappa shape index (κ2) is 5.07. The lowest BCUT2D eigenvalue weighted by molar-refractivity contribution is 0.483. The van der Waals surface area contributed by atoms with Crippen LogP contribution < -0.4 is 5.32 Å². The molecule has 1 heterocycles. The van der Waals surface area contributed by atoms with Gasteiger partial charge in [-0.3, -0.25) is 9.55 Å². The lowest BCUT2D eigenvalue weighted by Crippen LogP contribution is -2.21. The molecule has 98 valence electrons. The normalized spacial score (nSPS) is 20.3. The first-order valence-corrected chi connectivity index (χ1v) is 7.31. The number of hydrogen-bond donors (Lipinski definition) is 2. The first-order chi connectivity index (χ1) is 8.47. The predicted octanol–water partition coefficient (Wildman–Crippen LogP) is 2.32. The molecule has 0 saturated heterocycles. The van der Waals surface area contributed by atoms with E-state index < -0.39 is 10.1 Å². The molecule has 1 atom stereocenters. The maximum absolute atomic E-state index is 11.2. The molecule has 1 aliphatic rings. The second-order valence-corrected chi connectivity index (χ2v) is 5.80. The van der Waals surface area contributed by atoms with Crippen LogP contribution in [0.5, 0.6) is 0 Å². The Balaban J connectivity index is 2.30. The summed E-state index contributed by atoms with van der Waals surface area (Å²) in [5, 5.41) is 3.00. The van der Waals surface area contributed by atoms with E-state index >= 15 is 0 Å². The van der Waals surface area contributed by atoms with Gasteiger partial charge in [0.25, 0.3) is 10.1 Å². The Morgan fingerprint density at radius 2 is 2.11 bits per heavy atom. The molecule has 18 heavy (non-hydrogen) atoms. The smallest absolute Gasteiger partial charge is 0.296 e. The van der Waals surface area contributed by atoms with Crippen LogP contribution in [0.4, 0.5) is 5.69 Å². The molecule has 0 spiro atoms. The Morgan fingerprint density at radius 3 is 2.78 bits per heavy atom. The van der Waals surface area contributed by atoms with Crippen LogP contribution in [-0.2, 0) is 10.1 Å². The van der Waals surface area contributed by atoms with Gasteiger partial charge in [0, 0.05) is 12.5 Å². The highest BCUT2D eigenvalue weighted by molar-refractivity contribution is 7.86. The Labute approximate surface area is 107 Å². The molecule has 0 radical (unpaired) electrons. The molecule has 2 N–H and O–H groups in total. The summed E-state index contributed by atoms with van der Waals surface area (Å²) in [5.74, 6) is 0.768. The number of nitrogens with zero attached hydrogens (tertiary/aromatic N) is 1. The summed E-state index contributed by atoms with van der Waals surface area (Å²) < 4.78 is 31.6. The third-order valence-electron chi connectivity index (χ3n) is 2.86. The van der Waals surface area contributed by atoms with Crippen molar-refractivity contribution in [1.82, 2.24) is 0 Å². The summed E-state index contributed by atoms with van der Waals surface area (Å²) in [4.78, 5) is 4.31. The first kappa shape index (κ1) is 13.0. The van der Waals surface area contributed by atoms with Crippen molar-refractivity contribution >= 4 is 21.6 Å². The van der Waals surface area contributed by atoms with Crippen LogP contribution in [0.1, 0.15) is 26.2 Å². The zero-order valence-corrected chi connectivity index (χ0v) is 10.9. The van der Waals surface area contributed by atoms with Gasteiger partial charge in [0.15, 0.2) is 0 Å². The fourth-order valence-electron chi connectivity index (χ4n) is 2.01. The molecule has 5 nitrogen and oxygen atoms in total. The van der Waals surface area contributed by atoms with Gasteiger partial charge >= 0.3 is 0 Å². The minimum atomic E-state index is -4.22. The van der Waals surface area contributed by atoms with E-state index in [4.69, 9.17) is 4.55 Å². The van der Waals surface area contributed by atoms with E-state index in [9.17, 15) is 8.42 Å². The highest BCUT2D eigenvalue weighted by Crippen LogP contribution is 2.22. The van der Waals surface area contributed by atoms with Gasteiger partial charge in [-0.25, -0.2) is 0 Å². The molecule has 1 aromatic rings. The Bertz CT molecular complexity index is 566.